The first-order valence-electron chi connectivity index (χ1n) is 42.0. The highest BCUT2D eigenvalue weighted by atomic mass is 32.1. The quantitative estimate of drug-likeness (QED) is 0.159. The van der Waals surface area contributed by atoms with Gasteiger partial charge in [0.05, 0.1) is 16.1 Å². The summed E-state index contributed by atoms with van der Waals surface area (Å²) in [5.41, 5.74) is 34.1. The van der Waals surface area contributed by atoms with Gasteiger partial charge < -0.3 is 19.6 Å². The van der Waals surface area contributed by atoms with Crippen LogP contribution in [-0.4, -0.2) is 17.8 Å². The van der Waals surface area contributed by atoms with E-state index in [0.29, 0.717) is 0 Å². The monoisotopic (exact) mass is 1480 g/mol. The first-order chi connectivity index (χ1) is 50.8. The highest BCUT2D eigenvalue weighted by Crippen LogP contribution is 2.65. The van der Waals surface area contributed by atoms with Crippen LogP contribution in [0, 0.1) is 13.8 Å². The molecule has 8 aromatic carbocycles. The molecule has 2 saturated carbocycles. The smallest absolute Gasteiger partial charge is 0.254 e. The second-order valence-corrected chi connectivity index (χ2v) is 45.3. The van der Waals surface area contributed by atoms with Crippen LogP contribution in [0.25, 0.3) is 20.2 Å². The van der Waals surface area contributed by atoms with Gasteiger partial charge in [0, 0.05) is 65.7 Å². The molecule has 0 bridgehead atoms. The lowest BCUT2D eigenvalue weighted by atomic mass is 9.33. The maximum absolute atomic E-state index is 2.90. The Morgan fingerprint density at radius 3 is 1.43 bits per heavy atom. The number of anilines is 10. The summed E-state index contributed by atoms with van der Waals surface area (Å²) in [6.07, 6.45) is 14.9. The molecule has 4 atom stereocenters. The van der Waals surface area contributed by atoms with Crippen molar-refractivity contribution in [3.8, 4) is 0 Å². The summed E-state index contributed by atoms with van der Waals surface area (Å²) in [6.45, 7) is 63.1. The summed E-state index contributed by atoms with van der Waals surface area (Å²) >= 11 is 3.98. The molecule has 0 spiro atoms. The van der Waals surface area contributed by atoms with E-state index in [4.69, 9.17) is 0 Å². The Hall–Kier alpha value is -7.06. The van der Waals surface area contributed by atoms with Crippen molar-refractivity contribution in [2.24, 2.45) is 0 Å². The van der Waals surface area contributed by atoms with Gasteiger partial charge in [-0.15, -0.1) is 22.7 Å². The molecule has 109 heavy (non-hydrogen) atoms. The van der Waals surface area contributed by atoms with Crippen LogP contribution in [0.15, 0.2) is 140 Å². The van der Waals surface area contributed by atoms with Gasteiger partial charge in [0.15, 0.2) is 0 Å². The van der Waals surface area contributed by atoms with Gasteiger partial charge in [-0.25, -0.2) is 0 Å². The average Bonchev–Trinajstić information content (AvgIpc) is 1.50. The van der Waals surface area contributed by atoms with E-state index in [9.17, 15) is 0 Å². The molecule has 4 nitrogen and oxygen atoms in total. The molecule has 8 aliphatic rings. The molecule has 0 saturated heterocycles. The lowest BCUT2D eigenvalue weighted by molar-refractivity contribution is 0.195. The van der Waals surface area contributed by atoms with Gasteiger partial charge in [0.1, 0.15) is 5.00 Å². The number of benzene rings is 8. The third-order valence-corrected chi connectivity index (χ3v) is 32.1. The van der Waals surface area contributed by atoms with Crippen LogP contribution < -0.4 is 36.0 Å². The van der Waals surface area contributed by atoms with E-state index < -0.39 is 0 Å². The Morgan fingerprint density at radius 1 is 0.367 bits per heavy atom. The van der Waals surface area contributed by atoms with Gasteiger partial charge in [-0.3, -0.25) is 0 Å². The van der Waals surface area contributed by atoms with Crippen LogP contribution in [-0.2, 0) is 54.1 Å². The fraction of sp³-hybridized carbons (Fsp3) is 0.490. The fourth-order valence-corrected chi connectivity index (χ4v) is 24.6. The van der Waals surface area contributed by atoms with E-state index >= 15 is 0 Å². The molecule has 568 valence electrons. The van der Waals surface area contributed by atoms with Crippen molar-refractivity contribution in [3.63, 3.8) is 0 Å². The van der Waals surface area contributed by atoms with Crippen LogP contribution in [0.2, 0.25) is 0 Å². The molecular weight excluding hydrogens is 1360 g/mol. The second-order valence-electron chi connectivity index (χ2n) is 43.2. The zero-order valence-electron chi connectivity index (χ0n) is 71.4. The van der Waals surface area contributed by atoms with E-state index in [-0.39, 0.29) is 71.9 Å². The molecule has 4 aliphatic heterocycles. The molecule has 18 rings (SSSR count). The van der Waals surface area contributed by atoms with Crippen molar-refractivity contribution in [2.75, 3.05) is 19.6 Å². The largest absolute Gasteiger partial charge is 0.335 e. The van der Waals surface area contributed by atoms with Gasteiger partial charge in [-0.2, -0.15) is 0 Å². The van der Waals surface area contributed by atoms with Crippen molar-refractivity contribution in [2.45, 2.75) is 322 Å². The first kappa shape index (κ1) is 74.7. The van der Waals surface area contributed by atoms with Crippen molar-refractivity contribution in [1.82, 2.24) is 0 Å². The first-order valence-corrected chi connectivity index (χ1v) is 43.6. The third-order valence-electron chi connectivity index (χ3n) is 29.8. The van der Waals surface area contributed by atoms with E-state index in [1.807, 2.05) is 22.7 Å². The molecule has 0 amide bonds. The predicted octanol–water partition coefficient (Wildman–Crippen LogP) is 27.9. The number of hydrogen-bond acceptors (Lipinski definition) is 6. The SMILES string of the molecule is Cc1cc(N(c2ccc(C(C)(C)C)cc2)c2cc3cc4c(cc3s2)C(C)(C)CCC4(C)C)cc(N2c3ccc(C(C)(C)C)cc3C3(C)CCCCC23C)c1.Cc1cc2c3c(c1)N1c4c(cc(C(C)(C)C)cc4C4(C)CCCCC14C)B3c1c(sc3cc4c(cc13)C(C)(C)CCC4(C)C)N2c1ccc(C(C)(C)C)cc1. The Balaban J connectivity index is 0.000000159. The third kappa shape index (κ3) is 11.3. The van der Waals surface area contributed by atoms with Gasteiger partial charge >= 0.3 is 0 Å². The number of rotatable bonds is 5. The highest BCUT2D eigenvalue weighted by Gasteiger charge is 2.63. The van der Waals surface area contributed by atoms with Gasteiger partial charge in [-0.1, -0.05) is 227 Å². The molecule has 7 heteroatoms. The van der Waals surface area contributed by atoms with E-state index in [0.717, 1.165) is 0 Å². The van der Waals surface area contributed by atoms with Gasteiger partial charge in [0.25, 0.3) is 6.71 Å². The van der Waals surface area contributed by atoms with Crippen molar-refractivity contribution < 1.29 is 0 Å². The van der Waals surface area contributed by atoms with E-state index in [2.05, 4.69) is 339 Å². The fourth-order valence-electron chi connectivity index (χ4n) is 22.2. The number of nitrogens with zero attached hydrogens (tertiary/aromatic N) is 4. The van der Waals surface area contributed by atoms with E-state index in [1.165, 1.54) is 219 Å². The lowest BCUT2D eigenvalue weighted by Crippen LogP contribution is -2.64. The lowest BCUT2D eigenvalue weighted by Gasteiger charge is -2.52. The molecule has 4 unspecified atom stereocenters. The van der Waals surface area contributed by atoms with Gasteiger partial charge in [-0.05, 0) is 307 Å². The minimum absolute atomic E-state index is 0.00929. The summed E-state index contributed by atoms with van der Waals surface area (Å²) in [5.74, 6) is 0. The number of fused-ring (bicyclic) bond motifs is 15. The highest BCUT2D eigenvalue weighted by molar-refractivity contribution is 7.26. The van der Waals surface area contributed by atoms with Gasteiger partial charge in [0.2, 0.25) is 0 Å². The maximum atomic E-state index is 2.90. The molecule has 2 fully saturated rings. The second kappa shape index (κ2) is 24.2. The number of aryl methyl sites for hydroxylation is 2. The van der Waals surface area contributed by atoms with Crippen LogP contribution in [0.3, 0.4) is 0 Å². The summed E-state index contributed by atoms with van der Waals surface area (Å²) < 4.78 is 2.82. The summed E-state index contributed by atoms with van der Waals surface area (Å²) in [5, 5.41) is 5.51. The van der Waals surface area contributed by atoms with Crippen molar-refractivity contribution in [1.29, 1.82) is 0 Å². The molecule has 2 aromatic heterocycles. The summed E-state index contributed by atoms with van der Waals surface area (Å²) in [4.78, 5) is 10.9. The van der Waals surface area contributed by atoms with Crippen LogP contribution in [0.4, 0.5) is 55.5 Å². The number of thiophene rings is 2. The zero-order valence-corrected chi connectivity index (χ0v) is 73.1. The molecular formula is C102H125BN4S2. The zero-order chi connectivity index (χ0) is 77.8. The number of hydrogen-bond donors (Lipinski definition) is 0. The maximum Gasteiger partial charge on any atom is 0.254 e. The minimum atomic E-state index is -0.00929. The van der Waals surface area contributed by atoms with E-state index in [1.54, 1.807) is 16.7 Å². The van der Waals surface area contributed by atoms with Crippen molar-refractivity contribution in [3.05, 3.63) is 206 Å². The van der Waals surface area contributed by atoms with Crippen LogP contribution in [0.1, 0.15) is 310 Å². The Kier molecular flexibility index (Phi) is 16.6. The summed E-state index contributed by atoms with van der Waals surface area (Å²) in [6, 6.07) is 57.0. The molecule has 10 aromatic rings. The molecule has 4 aliphatic carbocycles. The minimum Gasteiger partial charge on any atom is -0.335 e. The summed E-state index contributed by atoms with van der Waals surface area (Å²) in [7, 11) is 0. The standard InChI is InChI=1S/C51H61BN2S.C51H64N2S/c1-30-24-39-43-40(25-30)54-44-37(50(12)20-14-15-21-51(50,54)13)26-32(47(5,6)7)27-38(44)52(43)42-34-28-35-36(49(10,11)23-22-48(35,8)9)29-41(34)55-45(42)53(39)33-18-16-31(17-19-33)46(2,3)4;1-33-26-38(31-39(27-33)53-43-21-18-36(47(5,6)7)30-42(43)50(12)22-14-15-23-51(50,53)13)52(37-19-16-35(17-20-37)46(2,3)4)45-29-34-28-40-41(32-44(34)54-45)49(10,11)25-24-48(40,8)9/h16-19,24-29H,14-15,20-23H2,1-13H3;16-21,26-32H,14-15,22-25H2,1-13H3. The Morgan fingerprint density at radius 2 is 0.853 bits per heavy atom. The van der Waals surface area contributed by atoms with Crippen LogP contribution in [0.5, 0.6) is 0 Å². The topological polar surface area (TPSA) is 13.0 Å². The van der Waals surface area contributed by atoms with Crippen molar-refractivity contribution >= 4 is 121 Å². The molecule has 0 N–H and O–H groups in total. The Labute approximate surface area is 665 Å². The Bertz CT molecular complexity index is 5340. The average molecular weight is 1480 g/mol. The normalized spacial score (nSPS) is 23.8. The van der Waals surface area contributed by atoms with Crippen LogP contribution >= 0.6 is 22.7 Å². The predicted molar refractivity (Wildman–Crippen MR) is 478 cm³/mol. The molecule has 6 heterocycles. The molecule has 0 radical (unpaired) electrons.